The average Bonchev–Trinajstić information content (AvgIpc) is 2.99. The molecule has 0 saturated carbocycles. The lowest BCUT2D eigenvalue weighted by Crippen LogP contribution is -2.17. The van der Waals surface area contributed by atoms with Gasteiger partial charge in [0.15, 0.2) is 5.13 Å². The summed E-state index contributed by atoms with van der Waals surface area (Å²) in [4.78, 5) is 17.3. The lowest BCUT2D eigenvalue weighted by atomic mass is 10.2. The first kappa shape index (κ1) is 13.0. The molecule has 0 aromatic carbocycles. The number of esters is 1. The Kier molecular flexibility index (Phi) is 4.33. The minimum atomic E-state index is -0.341. The van der Waals surface area contributed by atoms with Crippen LogP contribution < -0.4 is 5.32 Å². The second-order valence-electron chi connectivity index (χ2n) is 3.85. The Morgan fingerprint density at radius 2 is 2.44 bits per heavy atom. The summed E-state index contributed by atoms with van der Waals surface area (Å²) >= 11 is 3.06. The lowest BCUT2D eigenvalue weighted by Gasteiger charge is -2.11. The molecule has 18 heavy (non-hydrogen) atoms. The molecule has 2 heterocycles. The molecule has 0 bridgehead atoms. The Morgan fingerprint density at radius 1 is 1.61 bits per heavy atom. The van der Waals surface area contributed by atoms with Crippen molar-refractivity contribution in [2.75, 3.05) is 12.4 Å². The van der Waals surface area contributed by atoms with Crippen LogP contribution in [0.2, 0.25) is 0 Å². The van der Waals surface area contributed by atoms with Gasteiger partial charge in [-0.25, -0.2) is 9.78 Å². The lowest BCUT2D eigenvalue weighted by molar-refractivity contribution is 0.0606. The van der Waals surface area contributed by atoms with E-state index in [1.165, 1.54) is 29.5 Å². The van der Waals surface area contributed by atoms with Gasteiger partial charge in [-0.1, -0.05) is 17.4 Å². The van der Waals surface area contributed by atoms with E-state index in [1.54, 1.807) is 11.3 Å². The minimum Gasteiger partial charge on any atom is -0.465 e. The van der Waals surface area contributed by atoms with Crippen LogP contribution in [0.25, 0.3) is 0 Å². The number of nitrogens with one attached hydrogen (secondary N) is 1. The second kappa shape index (κ2) is 5.97. The van der Waals surface area contributed by atoms with E-state index >= 15 is 0 Å². The predicted molar refractivity (Wildman–Crippen MR) is 74.6 cm³/mol. The Labute approximate surface area is 114 Å². The SMILES string of the molecule is COC(=O)c1cnc(NC(C)Cc2cccs2)s1. The number of hydrogen-bond acceptors (Lipinski definition) is 6. The zero-order chi connectivity index (χ0) is 13.0. The largest absolute Gasteiger partial charge is 0.465 e. The summed E-state index contributed by atoms with van der Waals surface area (Å²) < 4.78 is 4.65. The number of carbonyl (C=O) groups excluding carboxylic acids is 1. The Hall–Kier alpha value is -1.40. The molecule has 0 aliphatic heterocycles. The highest BCUT2D eigenvalue weighted by Crippen LogP contribution is 2.21. The van der Waals surface area contributed by atoms with Gasteiger partial charge in [-0.15, -0.1) is 11.3 Å². The second-order valence-corrected chi connectivity index (χ2v) is 5.91. The molecule has 0 amide bonds. The van der Waals surface area contributed by atoms with Crippen LogP contribution in [0.1, 0.15) is 21.5 Å². The summed E-state index contributed by atoms with van der Waals surface area (Å²) in [6.07, 6.45) is 2.49. The molecule has 96 valence electrons. The van der Waals surface area contributed by atoms with Crippen molar-refractivity contribution in [2.45, 2.75) is 19.4 Å². The Bertz CT molecular complexity index is 508. The summed E-state index contributed by atoms with van der Waals surface area (Å²) in [7, 11) is 1.37. The molecule has 0 saturated heterocycles. The number of hydrogen-bond donors (Lipinski definition) is 1. The monoisotopic (exact) mass is 282 g/mol. The maximum Gasteiger partial charge on any atom is 0.349 e. The van der Waals surface area contributed by atoms with Gasteiger partial charge in [-0.05, 0) is 18.4 Å². The number of aromatic nitrogens is 1. The summed E-state index contributed by atoms with van der Waals surface area (Å²) in [5.74, 6) is -0.341. The zero-order valence-electron chi connectivity index (χ0n) is 10.2. The number of ether oxygens (including phenoxy) is 1. The van der Waals surface area contributed by atoms with Crippen molar-refractivity contribution >= 4 is 33.8 Å². The van der Waals surface area contributed by atoms with Gasteiger partial charge in [0.1, 0.15) is 4.88 Å². The molecule has 0 fully saturated rings. The van der Waals surface area contributed by atoms with Crippen LogP contribution in [0.3, 0.4) is 0 Å². The van der Waals surface area contributed by atoms with E-state index in [1.807, 2.05) is 6.07 Å². The third kappa shape index (κ3) is 3.30. The van der Waals surface area contributed by atoms with Crippen LogP contribution in [-0.2, 0) is 11.2 Å². The molecule has 1 N–H and O–H groups in total. The quantitative estimate of drug-likeness (QED) is 0.856. The van der Waals surface area contributed by atoms with E-state index in [-0.39, 0.29) is 12.0 Å². The first-order valence-corrected chi connectivity index (χ1v) is 7.21. The van der Waals surface area contributed by atoms with Gasteiger partial charge >= 0.3 is 5.97 Å². The van der Waals surface area contributed by atoms with Gasteiger partial charge in [-0.3, -0.25) is 0 Å². The van der Waals surface area contributed by atoms with Crippen LogP contribution >= 0.6 is 22.7 Å². The molecule has 2 aromatic rings. The summed E-state index contributed by atoms with van der Waals surface area (Å²) in [5.41, 5.74) is 0. The third-order valence-electron chi connectivity index (χ3n) is 2.35. The van der Waals surface area contributed by atoms with Gasteiger partial charge in [0.05, 0.1) is 13.3 Å². The molecule has 1 unspecified atom stereocenters. The topological polar surface area (TPSA) is 51.2 Å². The van der Waals surface area contributed by atoms with Crippen molar-refractivity contribution < 1.29 is 9.53 Å². The highest BCUT2D eigenvalue weighted by atomic mass is 32.1. The van der Waals surface area contributed by atoms with Crippen LogP contribution in [-0.4, -0.2) is 24.1 Å². The number of nitrogens with zero attached hydrogens (tertiary/aromatic N) is 1. The minimum absolute atomic E-state index is 0.278. The maximum absolute atomic E-state index is 11.3. The predicted octanol–water partition coefficient (Wildman–Crippen LogP) is 3.03. The van der Waals surface area contributed by atoms with Crippen molar-refractivity contribution in [1.82, 2.24) is 4.98 Å². The normalized spacial score (nSPS) is 12.1. The van der Waals surface area contributed by atoms with Gasteiger partial charge in [0, 0.05) is 17.3 Å². The molecule has 0 spiro atoms. The van der Waals surface area contributed by atoms with Crippen LogP contribution in [0, 0.1) is 0 Å². The van der Waals surface area contributed by atoms with E-state index in [0.29, 0.717) is 4.88 Å². The fourth-order valence-corrected chi connectivity index (χ4v) is 3.21. The van der Waals surface area contributed by atoms with E-state index in [2.05, 4.69) is 33.4 Å². The molecule has 0 radical (unpaired) electrons. The molecular weight excluding hydrogens is 268 g/mol. The zero-order valence-corrected chi connectivity index (χ0v) is 11.8. The molecule has 0 aliphatic rings. The number of anilines is 1. The number of thiazole rings is 1. The van der Waals surface area contributed by atoms with E-state index in [4.69, 9.17) is 0 Å². The van der Waals surface area contributed by atoms with Gasteiger partial charge in [0.25, 0.3) is 0 Å². The summed E-state index contributed by atoms with van der Waals surface area (Å²) in [6.45, 7) is 2.10. The first-order chi connectivity index (χ1) is 8.69. The summed E-state index contributed by atoms with van der Waals surface area (Å²) in [5, 5.41) is 6.11. The number of thiophene rings is 1. The first-order valence-electron chi connectivity index (χ1n) is 5.52. The van der Waals surface area contributed by atoms with Crippen molar-refractivity contribution in [3.8, 4) is 0 Å². The smallest absolute Gasteiger partial charge is 0.349 e. The summed E-state index contributed by atoms with van der Waals surface area (Å²) in [6, 6.07) is 4.44. The van der Waals surface area contributed by atoms with Gasteiger partial charge < -0.3 is 10.1 Å². The van der Waals surface area contributed by atoms with Crippen molar-refractivity contribution in [3.05, 3.63) is 33.5 Å². The number of methoxy groups -OCH3 is 1. The van der Waals surface area contributed by atoms with Crippen molar-refractivity contribution in [3.63, 3.8) is 0 Å². The van der Waals surface area contributed by atoms with E-state index in [9.17, 15) is 4.79 Å². The van der Waals surface area contributed by atoms with Crippen LogP contribution in [0.4, 0.5) is 5.13 Å². The highest BCUT2D eigenvalue weighted by molar-refractivity contribution is 7.17. The molecular formula is C12H14N2O2S2. The standard InChI is InChI=1S/C12H14N2O2S2/c1-8(6-9-4-3-5-17-9)14-12-13-7-10(18-12)11(15)16-2/h3-5,7-8H,6H2,1-2H3,(H,13,14). The third-order valence-corrected chi connectivity index (χ3v) is 4.16. The van der Waals surface area contributed by atoms with E-state index in [0.717, 1.165) is 11.6 Å². The average molecular weight is 282 g/mol. The highest BCUT2D eigenvalue weighted by Gasteiger charge is 2.12. The van der Waals surface area contributed by atoms with Crippen molar-refractivity contribution in [1.29, 1.82) is 0 Å². The fourth-order valence-electron chi connectivity index (χ4n) is 1.53. The van der Waals surface area contributed by atoms with Gasteiger partial charge in [-0.2, -0.15) is 0 Å². The van der Waals surface area contributed by atoms with E-state index < -0.39 is 0 Å². The van der Waals surface area contributed by atoms with Crippen LogP contribution in [0.15, 0.2) is 23.7 Å². The molecule has 1 atom stereocenters. The number of carbonyl (C=O) groups is 1. The Morgan fingerprint density at radius 3 is 3.11 bits per heavy atom. The fraction of sp³-hybridized carbons (Fsp3) is 0.333. The van der Waals surface area contributed by atoms with Gasteiger partial charge in [0.2, 0.25) is 0 Å². The molecule has 2 aromatic heterocycles. The molecule has 0 aliphatic carbocycles. The molecule has 6 heteroatoms. The number of rotatable bonds is 5. The molecule has 2 rings (SSSR count). The Balaban J connectivity index is 1.92. The molecule has 4 nitrogen and oxygen atoms in total. The van der Waals surface area contributed by atoms with Crippen LogP contribution in [0.5, 0.6) is 0 Å². The maximum atomic E-state index is 11.3. The van der Waals surface area contributed by atoms with Crippen molar-refractivity contribution in [2.24, 2.45) is 0 Å².